The van der Waals surface area contributed by atoms with E-state index in [2.05, 4.69) is 49.6 Å². The van der Waals surface area contributed by atoms with Gasteiger partial charge in [0.05, 0.1) is 6.10 Å². The van der Waals surface area contributed by atoms with E-state index < -0.39 is 0 Å². The van der Waals surface area contributed by atoms with Gasteiger partial charge >= 0.3 is 0 Å². The van der Waals surface area contributed by atoms with Crippen LogP contribution in [0.25, 0.3) is 0 Å². The number of ether oxygens (including phenoxy) is 1. The van der Waals surface area contributed by atoms with Gasteiger partial charge in [0.2, 0.25) is 0 Å². The second-order valence-electron chi connectivity index (χ2n) is 7.37. The van der Waals surface area contributed by atoms with Crippen molar-refractivity contribution < 1.29 is 9.53 Å². The molecule has 2 fully saturated rings. The van der Waals surface area contributed by atoms with E-state index in [1.54, 1.807) is 6.07 Å². The Balaban J connectivity index is 1.25. The van der Waals surface area contributed by atoms with Gasteiger partial charge in [0.25, 0.3) is 5.91 Å². The van der Waals surface area contributed by atoms with Gasteiger partial charge in [-0.2, -0.15) is 0 Å². The average Bonchev–Trinajstić information content (AvgIpc) is 3.27. The summed E-state index contributed by atoms with van der Waals surface area (Å²) in [7, 11) is 0. The Hall–Kier alpha value is -2.51. The molecular formula is C21H27N5O2. The van der Waals surface area contributed by atoms with Crippen molar-refractivity contribution >= 4 is 11.7 Å². The molecule has 3 heterocycles. The smallest absolute Gasteiger partial charge is 0.271 e. The van der Waals surface area contributed by atoms with Crippen molar-refractivity contribution in [2.24, 2.45) is 0 Å². The fraction of sp³-hybridized carbons (Fsp3) is 0.476. The summed E-state index contributed by atoms with van der Waals surface area (Å²) in [6, 6.07) is 14.2. The van der Waals surface area contributed by atoms with Gasteiger partial charge in [-0.3, -0.25) is 9.69 Å². The molecule has 1 atom stereocenters. The van der Waals surface area contributed by atoms with E-state index in [-0.39, 0.29) is 12.0 Å². The lowest BCUT2D eigenvalue weighted by Crippen LogP contribution is -2.46. The van der Waals surface area contributed by atoms with Crippen LogP contribution in [0.5, 0.6) is 0 Å². The standard InChI is InChI=1S/C21H27N5O2/c27-21(22-15-18-7-4-14-28-18)19-8-9-20(24-23-19)26-12-10-25(11-13-26)16-17-5-2-1-3-6-17/h1-3,5-6,8-9,18H,4,7,10-16H2,(H,22,27). The SMILES string of the molecule is O=C(NCC1CCCO1)c1ccc(N2CCN(Cc3ccccc3)CC2)nn1. The van der Waals surface area contributed by atoms with Crippen LogP contribution in [0.15, 0.2) is 42.5 Å². The Morgan fingerprint density at radius 3 is 2.57 bits per heavy atom. The highest BCUT2D eigenvalue weighted by atomic mass is 16.5. The molecule has 7 heteroatoms. The third-order valence-electron chi connectivity index (χ3n) is 5.34. The number of aromatic nitrogens is 2. The number of carbonyl (C=O) groups excluding carboxylic acids is 1. The Labute approximate surface area is 165 Å². The number of rotatable bonds is 6. The fourth-order valence-electron chi connectivity index (χ4n) is 3.69. The lowest BCUT2D eigenvalue weighted by molar-refractivity contribution is 0.0853. The van der Waals surface area contributed by atoms with Crippen molar-refractivity contribution in [2.45, 2.75) is 25.5 Å². The van der Waals surface area contributed by atoms with Gasteiger partial charge in [-0.15, -0.1) is 10.2 Å². The number of hydrogen-bond acceptors (Lipinski definition) is 6. The first-order valence-electron chi connectivity index (χ1n) is 10.0. The summed E-state index contributed by atoms with van der Waals surface area (Å²) in [4.78, 5) is 16.9. The molecule has 0 aliphatic carbocycles. The van der Waals surface area contributed by atoms with Crippen molar-refractivity contribution in [2.75, 3.05) is 44.2 Å². The van der Waals surface area contributed by atoms with Gasteiger partial charge < -0.3 is 15.0 Å². The molecule has 7 nitrogen and oxygen atoms in total. The van der Waals surface area contributed by atoms with Crippen molar-refractivity contribution in [3.05, 3.63) is 53.7 Å². The quantitative estimate of drug-likeness (QED) is 0.821. The second kappa shape index (κ2) is 9.12. The monoisotopic (exact) mass is 381 g/mol. The maximum atomic E-state index is 12.2. The van der Waals surface area contributed by atoms with E-state index in [0.29, 0.717) is 12.2 Å². The highest BCUT2D eigenvalue weighted by molar-refractivity contribution is 5.92. The first kappa shape index (κ1) is 18.8. The zero-order chi connectivity index (χ0) is 19.2. The number of hydrogen-bond donors (Lipinski definition) is 1. The van der Waals surface area contributed by atoms with Crippen LogP contribution in [0.2, 0.25) is 0 Å². The molecule has 1 amide bonds. The number of nitrogens with zero attached hydrogens (tertiary/aromatic N) is 4. The molecule has 4 rings (SSSR count). The Kier molecular flexibility index (Phi) is 6.14. The van der Waals surface area contributed by atoms with Crippen molar-refractivity contribution in [1.82, 2.24) is 20.4 Å². The molecule has 2 saturated heterocycles. The van der Waals surface area contributed by atoms with Crippen LogP contribution in [0.4, 0.5) is 5.82 Å². The maximum Gasteiger partial charge on any atom is 0.271 e. The predicted molar refractivity (Wildman–Crippen MR) is 107 cm³/mol. The van der Waals surface area contributed by atoms with Crippen LogP contribution >= 0.6 is 0 Å². The molecule has 2 aromatic rings. The third kappa shape index (κ3) is 4.85. The molecule has 0 radical (unpaired) electrons. The predicted octanol–water partition coefficient (Wildman–Crippen LogP) is 1.71. The van der Waals surface area contributed by atoms with E-state index >= 15 is 0 Å². The summed E-state index contributed by atoms with van der Waals surface area (Å²) in [6.45, 7) is 6.09. The van der Waals surface area contributed by atoms with Crippen LogP contribution in [0.1, 0.15) is 28.9 Å². The number of carbonyl (C=O) groups is 1. The zero-order valence-corrected chi connectivity index (χ0v) is 16.1. The van der Waals surface area contributed by atoms with Gasteiger partial charge in [-0.25, -0.2) is 0 Å². The summed E-state index contributed by atoms with van der Waals surface area (Å²) in [5.41, 5.74) is 1.69. The second-order valence-corrected chi connectivity index (χ2v) is 7.37. The average molecular weight is 381 g/mol. The molecule has 148 valence electrons. The minimum absolute atomic E-state index is 0.128. The molecule has 1 N–H and O–H groups in total. The van der Waals surface area contributed by atoms with Crippen LogP contribution in [-0.2, 0) is 11.3 Å². The normalized spacial score (nSPS) is 20.3. The Morgan fingerprint density at radius 1 is 1.07 bits per heavy atom. The first-order valence-corrected chi connectivity index (χ1v) is 10.0. The molecular weight excluding hydrogens is 354 g/mol. The molecule has 0 saturated carbocycles. The van der Waals surface area contributed by atoms with Gasteiger partial charge in [0.15, 0.2) is 11.5 Å². The van der Waals surface area contributed by atoms with E-state index in [0.717, 1.165) is 58.0 Å². The van der Waals surface area contributed by atoms with Crippen LogP contribution in [0.3, 0.4) is 0 Å². The molecule has 2 aliphatic rings. The summed E-state index contributed by atoms with van der Waals surface area (Å²) < 4.78 is 5.52. The molecule has 28 heavy (non-hydrogen) atoms. The summed E-state index contributed by atoms with van der Waals surface area (Å²) in [5.74, 6) is 0.636. The molecule has 2 aliphatic heterocycles. The Bertz CT molecular complexity index is 754. The highest BCUT2D eigenvalue weighted by Gasteiger charge is 2.20. The minimum Gasteiger partial charge on any atom is -0.376 e. The van der Waals surface area contributed by atoms with Gasteiger partial charge in [-0.05, 0) is 30.5 Å². The molecule has 1 aromatic heterocycles. The lowest BCUT2D eigenvalue weighted by atomic mass is 10.2. The van der Waals surface area contributed by atoms with Gasteiger partial charge in [0.1, 0.15) is 0 Å². The Morgan fingerprint density at radius 2 is 1.89 bits per heavy atom. The first-order chi connectivity index (χ1) is 13.8. The summed E-state index contributed by atoms with van der Waals surface area (Å²) in [5, 5.41) is 11.3. The number of anilines is 1. The summed E-state index contributed by atoms with van der Waals surface area (Å²) in [6.07, 6.45) is 2.19. The minimum atomic E-state index is -0.192. The van der Waals surface area contributed by atoms with E-state index in [9.17, 15) is 4.79 Å². The van der Waals surface area contributed by atoms with E-state index in [4.69, 9.17) is 4.74 Å². The van der Waals surface area contributed by atoms with Crippen LogP contribution < -0.4 is 10.2 Å². The fourth-order valence-corrected chi connectivity index (χ4v) is 3.69. The van der Waals surface area contributed by atoms with Gasteiger partial charge in [0, 0.05) is 45.9 Å². The number of nitrogens with one attached hydrogen (secondary N) is 1. The molecule has 0 bridgehead atoms. The van der Waals surface area contributed by atoms with Gasteiger partial charge in [-0.1, -0.05) is 30.3 Å². The topological polar surface area (TPSA) is 70.6 Å². The molecule has 0 spiro atoms. The van der Waals surface area contributed by atoms with E-state index in [1.165, 1.54) is 5.56 Å². The molecule has 1 unspecified atom stereocenters. The zero-order valence-electron chi connectivity index (χ0n) is 16.1. The van der Waals surface area contributed by atoms with Crippen LogP contribution in [-0.4, -0.2) is 66.4 Å². The summed E-state index contributed by atoms with van der Waals surface area (Å²) >= 11 is 0. The maximum absolute atomic E-state index is 12.2. The molecule has 1 aromatic carbocycles. The number of benzene rings is 1. The highest BCUT2D eigenvalue weighted by Crippen LogP contribution is 2.15. The number of amides is 1. The van der Waals surface area contributed by atoms with Crippen molar-refractivity contribution in [3.8, 4) is 0 Å². The van der Waals surface area contributed by atoms with Crippen molar-refractivity contribution in [3.63, 3.8) is 0 Å². The largest absolute Gasteiger partial charge is 0.376 e. The van der Waals surface area contributed by atoms with E-state index in [1.807, 2.05) is 12.1 Å². The van der Waals surface area contributed by atoms with Crippen molar-refractivity contribution in [1.29, 1.82) is 0 Å². The third-order valence-corrected chi connectivity index (χ3v) is 5.34. The number of piperazine rings is 1. The lowest BCUT2D eigenvalue weighted by Gasteiger charge is -2.35. The van der Waals surface area contributed by atoms with Crippen LogP contribution in [0, 0.1) is 0 Å².